The molecule has 122 valence electrons. The maximum atomic E-state index is 12.1. The normalized spacial score (nSPS) is 25.4. The number of hydrogen-bond acceptors (Lipinski definition) is 4. The molecule has 0 saturated carbocycles. The minimum Gasteiger partial charge on any atom is -0.367 e. The third-order valence-electron chi connectivity index (χ3n) is 4.78. The van der Waals surface area contributed by atoms with Crippen molar-refractivity contribution in [2.45, 2.75) is 38.1 Å². The molecule has 6 heteroatoms. The number of aryl methyl sites for hydroxylation is 1. The number of aromatic nitrogens is 2. The molecule has 1 aromatic rings. The summed E-state index contributed by atoms with van der Waals surface area (Å²) in [5, 5.41) is 10.8. The fraction of sp³-hybridized carbons (Fsp3) is 0.750. The first-order valence-electron chi connectivity index (χ1n) is 8.44. The number of rotatable bonds is 5. The van der Waals surface area contributed by atoms with Crippen molar-refractivity contribution < 1.29 is 4.79 Å². The summed E-state index contributed by atoms with van der Waals surface area (Å²) in [5.74, 6) is 0.897. The summed E-state index contributed by atoms with van der Waals surface area (Å²) in [4.78, 5) is 14.5. The monoisotopic (exact) mass is 305 g/mol. The van der Waals surface area contributed by atoms with E-state index < -0.39 is 0 Å². The Kier molecular flexibility index (Phi) is 4.97. The number of amides is 1. The van der Waals surface area contributed by atoms with E-state index in [1.165, 1.54) is 6.42 Å². The predicted molar refractivity (Wildman–Crippen MR) is 86.8 cm³/mol. The number of carbonyl (C=O) groups excluding carboxylic acids is 1. The van der Waals surface area contributed by atoms with E-state index in [-0.39, 0.29) is 11.9 Å². The molecule has 2 saturated heterocycles. The first-order chi connectivity index (χ1) is 10.7. The summed E-state index contributed by atoms with van der Waals surface area (Å²) >= 11 is 0. The van der Waals surface area contributed by atoms with Crippen molar-refractivity contribution in [2.75, 3.05) is 31.1 Å². The molecule has 2 N–H and O–H groups in total. The van der Waals surface area contributed by atoms with Gasteiger partial charge in [0, 0.05) is 38.8 Å². The molecule has 1 amide bonds. The fourth-order valence-electron chi connectivity index (χ4n) is 3.50. The van der Waals surface area contributed by atoms with Crippen molar-refractivity contribution in [3.8, 4) is 0 Å². The molecule has 1 aromatic heterocycles. The van der Waals surface area contributed by atoms with Gasteiger partial charge in [0.1, 0.15) is 0 Å². The Bertz CT molecular complexity index is 494. The molecule has 2 aliphatic heterocycles. The van der Waals surface area contributed by atoms with Crippen LogP contribution in [0.2, 0.25) is 0 Å². The van der Waals surface area contributed by atoms with Crippen molar-refractivity contribution in [3.63, 3.8) is 0 Å². The number of piperidine rings is 1. The van der Waals surface area contributed by atoms with Gasteiger partial charge in [-0.15, -0.1) is 0 Å². The third kappa shape index (κ3) is 4.00. The van der Waals surface area contributed by atoms with Gasteiger partial charge in [-0.1, -0.05) is 0 Å². The lowest BCUT2D eigenvalue weighted by Gasteiger charge is -2.33. The molecule has 2 unspecified atom stereocenters. The van der Waals surface area contributed by atoms with Crippen LogP contribution in [0.3, 0.4) is 0 Å². The van der Waals surface area contributed by atoms with E-state index in [0.29, 0.717) is 12.3 Å². The zero-order chi connectivity index (χ0) is 15.4. The highest BCUT2D eigenvalue weighted by molar-refractivity contribution is 5.76. The van der Waals surface area contributed by atoms with Gasteiger partial charge in [-0.25, -0.2) is 0 Å². The van der Waals surface area contributed by atoms with E-state index in [1.54, 1.807) is 0 Å². The van der Waals surface area contributed by atoms with Gasteiger partial charge in [-0.05, 0) is 44.7 Å². The number of anilines is 1. The highest BCUT2D eigenvalue weighted by Crippen LogP contribution is 2.19. The maximum absolute atomic E-state index is 12.1. The molecule has 0 spiro atoms. The Morgan fingerprint density at radius 1 is 1.50 bits per heavy atom. The van der Waals surface area contributed by atoms with E-state index in [2.05, 4.69) is 20.6 Å². The van der Waals surface area contributed by atoms with Gasteiger partial charge in [-0.3, -0.25) is 9.48 Å². The van der Waals surface area contributed by atoms with Crippen LogP contribution >= 0.6 is 0 Å². The smallest absolute Gasteiger partial charge is 0.220 e. The summed E-state index contributed by atoms with van der Waals surface area (Å²) in [7, 11) is 1.94. The zero-order valence-electron chi connectivity index (χ0n) is 13.4. The molecule has 22 heavy (non-hydrogen) atoms. The Hall–Kier alpha value is -1.56. The highest BCUT2D eigenvalue weighted by atomic mass is 16.1. The van der Waals surface area contributed by atoms with Crippen molar-refractivity contribution in [2.24, 2.45) is 13.0 Å². The first kappa shape index (κ1) is 15.3. The lowest BCUT2D eigenvalue weighted by atomic mass is 10.0. The summed E-state index contributed by atoms with van der Waals surface area (Å²) in [5.41, 5.74) is 1.15. The molecular formula is C16H27N5O. The fourth-order valence-corrected chi connectivity index (χ4v) is 3.50. The van der Waals surface area contributed by atoms with Crippen LogP contribution in [-0.4, -0.2) is 47.9 Å². The predicted octanol–water partition coefficient (Wildman–Crippen LogP) is 0.895. The molecule has 0 radical (unpaired) electrons. The second-order valence-electron chi connectivity index (χ2n) is 6.62. The average molecular weight is 305 g/mol. The van der Waals surface area contributed by atoms with Crippen molar-refractivity contribution in [3.05, 3.63) is 12.4 Å². The summed E-state index contributed by atoms with van der Waals surface area (Å²) in [6.07, 6.45) is 9.02. The van der Waals surface area contributed by atoms with Crippen molar-refractivity contribution in [1.82, 2.24) is 20.4 Å². The van der Waals surface area contributed by atoms with Crippen LogP contribution in [0.1, 0.15) is 32.1 Å². The maximum Gasteiger partial charge on any atom is 0.220 e. The Morgan fingerprint density at radius 2 is 2.41 bits per heavy atom. The highest BCUT2D eigenvalue weighted by Gasteiger charge is 2.23. The van der Waals surface area contributed by atoms with Crippen LogP contribution < -0.4 is 15.5 Å². The lowest BCUT2D eigenvalue weighted by molar-refractivity contribution is -0.122. The molecular weight excluding hydrogens is 278 g/mol. The van der Waals surface area contributed by atoms with Gasteiger partial charge in [-0.2, -0.15) is 5.10 Å². The van der Waals surface area contributed by atoms with E-state index in [9.17, 15) is 4.79 Å². The van der Waals surface area contributed by atoms with Crippen LogP contribution in [0, 0.1) is 5.92 Å². The van der Waals surface area contributed by atoms with Crippen LogP contribution in [0.5, 0.6) is 0 Å². The van der Waals surface area contributed by atoms with Gasteiger partial charge in [0.2, 0.25) is 5.91 Å². The number of nitrogens with zero attached hydrogens (tertiary/aromatic N) is 3. The van der Waals surface area contributed by atoms with Gasteiger partial charge in [0.15, 0.2) is 0 Å². The zero-order valence-corrected chi connectivity index (χ0v) is 13.4. The van der Waals surface area contributed by atoms with Crippen LogP contribution in [-0.2, 0) is 11.8 Å². The topological polar surface area (TPSA) is 62.2 Å². The van der Waals surface area contributed by atoms with Crippen molar-refractivity contribution in [1.29, 1.82) is 0 Å². The summed E-state index contributed by atoms with van der Waals surface area (Å²) in [6.45, 7) is 4.12. The Balaban J connectivity index is 1.44. The summed E-state index contributed by atoms with van der Waals surface area (Å²) in [6, 6.07) is 0.267. The molecule has 6 nitrogen and oxygen atoms in total. The lowest BCUT2D eigenvalue weighted by Crippen LogP contribution is -2.47. The second kappa shape index (κ2) is 7.13. The number of hydrogen-bond donors (Lipinski definition) is 2. The Morgan fingerprint density at radius 3 is 3.14 bits per heavy atom. The molecule has 0 bridgehead atoms. The van der Waals surface area contributed by atoms with Gasteiger partial charge in [0.25, 0.3) is 0 Å². The first-order valence-corrected chi connectivity index (χ1v) is 8.44. The second-order valence-corrected chi connectivity index (χ2v) is 6.62. The van der Waals surface area contributed by atoms with Gasteiger partial charge >= 0.3 is 0 Å². The molecule has 0 aliphatic carbocycles. The van der Waals surface area contributed by atoms with E-state index >= 15 is 0 Å². The molecule has 2 fully saturated rings. The van der Waals surface area contributed by atoms with Crippen LogP contribution in [0.15, 0.2) is 12.4 Å². The molecule has 3 rings (SSSR count). The van der Waals surface area contributed by atoms with Crippen LogP contribution in [0.4, 0.5) is 5.69 Å². The Labute approximate surface area is 132 Å². The van der Waals surface area contributed by atoms with Gasteiger partial charge in [0.05, 0.1) is 11.9 Å². The minimum absolute atomic E-state index is 0.213. The van der Waals surface area contributed by atoms with Crippen molar-refractivity contribution >= 4 is 11.6 Å². The third-order valence-corrected chi connectivity index (χ3v) is 4.78. The van der Waals surface area contributed by atoms with E-state index in [1.807, 2.05) is 24.1 Å². The SMILES string of the molecule is Cn1cc(N2CCCC(NC(=O)CCC3CCNC3)C2)cn1. The molecule has 2 aliphatic rings. The number of nitrogens with one attached hydrogen (secondary N) is 2. The molecule has 3 heterocycles. The molecule has 0 aromatic carbocycles. The van der Waals surface area contributed by atoms with Gasteiger partial charge < -0.3 is 15.5 Å². The quantitative estimate of drug-likeness (QED) is 0.848. The number of carbonyl (C=O) groups is 1. The largest absolute Gasteiger partial charge is 0.367 e. The van der Waals surface area contributed by atoms with E-state index in [0.717, 1.165) is 51.1 Å². The molecule has 2 atom stereocenters. The van der Waals surface area contributed by atoms with E-state index in [4.69, 9.17) is 0 Å². The standard InChI is InChI=1S/C16H27N5O/c1-20-12-15(10-18-20)21-8-2-3-14(11-21)19-16(22)5-4-13-6-7-17-9-13/h10,12-14,17H,2-9,11H2,1H3,(H,19,22). The minimum atomic E-state index is 0.213. The van der Waals surface area contributed by atoms with Crippen LogP contribution in [0.25, 0.3) is 0 Å². The average Bonchev–Trinajstić information content (AvgIpc) is 3.17. The summed E-state index contributed by atoms with van der Waals surface area (Å²) < 4.78 is 1.83.